The highest BCUT2D eigenvalue weighted by molar-refractivity contribution is 7.15. The van der Waals surface area contributed by atoms with Crippen LogP contribution in [0.5, 0.6) is 0 Å². The molecule has 38 heavy (non-hydrogen) atoms. The van der Waals surface area contributed by atoms with Gasteiger partial charge in [-0.15, -0.1) is 11.3 Å². The summed E-state index contributed by atoms with van der Waals surface area (Å²) in [5.41, 5.74) is 4.55. The number of amides is 1. The summed E-state index contributed by atoms with van der Waals surface area (Å²) in [6, 6.07) is 16.2. The van der Waals surface area contributed by atoms with Gasteiger partial charge in [0.2, 0.25) is 0 Å². The fraction of sp³-hybridized carbons (Fsp3) is 0.387. The van der Waals surface area contributed by atoms with Crippen molar-refractivity contribution in [3.05, 3.63) is 76.8 Å². The number of benzene rings is 2. The van der Waals surface area contributed by atoms with Gasteiger partial charge in [0.1, 0.15) is 0 Å². The molecule has 1 amide bonds. The van der Waals surface area contributed by atoms with Crippen molar-refractivity contribution in [1.82, 2.24) is 15.2 Å². The van der Waals surface area contributed by atoms with E-state index in [1.807, 2.05) is 43.3 Å². The molecule has 2 aliphatic rings. The van der Waals surface area contributed by atoms with Gasteiger partial charge >= 0.3 is 0 Å². The third-order valence-electron chi connectivity index (χ3n) is 7.67. The smallest absolute Gasteiger partial charge is 0.252 e. The summed E-state index contributed by atoms with van der Waals surface area (Å²) in [5.74, 6) is 0.700. The third-order valence-corrected chi connectivity index (χ3v) is 8.74. The van der Waals surface area contributed by atoms with Gasteiger partial charge in [0.25, 0.3) is 5.91 Å². The van der Waals surface area contributed by atoms with E-state index < -0.39 is 0 Å². The van der Waals surface area contributed by atoms with Crippen LogP contribution < -0.4 is 10.6 Å². The number of nitrogens with one attached hydrogen (secondary N) is 2. The Hall–Kier alpha value is -3.29. The lowest BCUT2D eigenvalue weighted by Gasteiger charge is -2.32. The van der Waals surface area contributed by atoms with Crippen molar-refractivity contribution < 1.29 is 4.79 Å². The molecule has 1 fully saturated rings. The molecular weight excluding hydrogens is 490 g/mol. The summed E-state index contributed by atoms with van der Waals surface area (Å²) >= 11 is 1.79. The monoisotopic (exact) mass is 527 g/mol. The SMILES string of the molecule is C=Cc1c(/N=C\C)cccc1C(=O)N[C@H]1CC[C@H](CCN2CCc3sc(Nc4ccccc4)nc3C2)CC1. The maximum atomic E-state index is 13.0. The lowest BCUT2D eigenvalue weighted by Crippen LogP contribution is -2.38. The van der Waals surface area contributed by atoms with Gasteiger partial charge in [-0.3, -0.25) is 14.7 Å². The van der Waals surface area contributed by atoms with Crippen LogP contribution in [0.3, 0.4) is 0 Å². The minimum Gasteiger partial charge on any atom is -0.349 e. The molecule has 7 heteroatoms. The molecule has 6 nitrogen and oxygen atoms in total. The Kier molecular flexibility index (Phi) is 8.66. The van der Waals surface area contributed by atoms with Gasteiger partial charge in [-0.25, -0.2) is 4.98 Å². The molecule has 2 N–H and O–H groups in total. The zero-order valence-corrected chi connectivity index (χ0v) is 23.0. The predicted octanol–water partition coefficient (Wildman–Crippen LogP) is 6.99. The first-order valence-corrected chi connectivity index (χ1v) is 14.5. The Bertz CT molecular complexity index is 1280. The van der Waals surface area contributed by atoms with Gasteiger partial charge in [-0.2, -0.15) is 0 Å². The summed E-state index contributed by atoms with van der Waals surface area (Å²) in [6.07, 6.45) is 10.2. The van der Waals surface area contributed by atoms with Gasteiger partial charge < -0.3 is 10.6 Å². The van der Waals surface area contributed by atoms with Gasteiger partial charge in [0, 0.05) is 47.0 Å². The zero-order valence-electron chi connectivity index (χ0n) is 22.2. The number of aliphatic imine (C=N–C) groups is 1. The summed E-state index contributed by atoms with van der Waals surface area (Å²) in [4.78, 5) is 26.3. The van der Waals surface area contributed by atoms with Crippen molar-refractivity contribution in [3.63, 3.8) is 0 Å². The van der Waals surface area contributed by atoms with Crippen molar-refractivity contribution in [2.75, 3.05) is 18.4 Å². The number of aromatic nitrogens is 1. The first kappa shape index (κ1) is 26.3. The van der Waals surface area contributed by atoms with Crippen LogP contribution in [0.2, 0.25) is 0 Å². The van der Waals surface area contributed by atoms with Crippen LogP contribution in [-0.2, 0) is 13.0 Å². The number of anilines is 2. The minimum absolute atomic E-state index is 0.0231. The highest BCUT2D eigenvalue weighted by atomic mass is 32.1. The number of hydrogen-bond donors (Lipinski definition) is 2. The highest BCUT2D eigenvalue weighted by Gasteiger charge is 2.26. The molecule has 0 unspecified atom stereocenters. The second-order valence-electron chi connectivity index (χ2n) is 10.2. The summed E-state index contributed by atoms with van der Waals surface area (Å²) in [5, 5.41) is 7.72. The van der Waals surface area contributed by atoms with E-state index in [9.17, 15) is 4.79 Å². The van der Waals surface area contributed by atoms with Crippen LogP contribution in [0.15, 0.2) is 60.1 Å². The van der Waals surface area contributed by atoms with Gasteiger partial charge in [-0.05, 0) is 82.2 Å². The second kappa shape index (κ2) is 12.5. The second-order valence-corrected chi connectivity index (χ2v) is 11.3. The molecular formula is C31H37N5OS. The Morgan fingerprint density at radius 1 is 1.16 bits per heavy atom. The van der Waals surface area contributed by atoms with Crippen LogP contribution in [0, 0.1) is 5.92 Å². The molecule has 0 atom stereocenters. The molecule has 5 rings (SSSR count). The Morgan fingerprint density at radius 2 is 1.97 bits per heavy atom. The molecule has 2 aromatic carbocycles. The molecule has 3 aromatic rings. The topological polar surface area (TPSA) is 69.6 Å². The largest absolute Gasteiger partial charge is 0.349 e. The van der Waals surface area contributed by atoms with Crippen molar-refractivity contribution in [2.45, 2.75) is 58.0 Å². The van der Waals surface area contributed by atoms with Crippen molar-refractivity contribution in [2.24, 2.45) is 10.9 Å². The van der Waals surface area contributed by atoms with E-state index in [-0.39, 0.29) is 11.9 Å². The molecule has 1 aliphatic heterocycles. The molecule has 0 saturated heterocycles. The Morgan fingerprint density at radius 3 is 2.74 bits per heavy atom. The van der Waals surface area contributed by atoms with Crippen LogP contribution in [-0.4, -0.2) is 41.1 Å². The molecule has 1 aromatic heterocycles. The maximum absolute atomic E-state index is 13.0. The van der Waals surface area contributed by atoms with Crippen molar-refractivity contribution in [1.29, 1.82) is 0 Å². The number of thiazole rings is 1. The first-order chi connectivity index (χ1) is 18.6. The standard InChI is InChI=1S/C31H37N5OS/c1-3-25-26(11-8-12-27(25)32-4-2)30(37)33-24-15-13-22(14-16-24)17-19-36-20-18-29-28(21-36)35-31(38-29)34-23-9-6-5-7-10-23/h3-12,22,24H,1,13-21H2,2H3,(H,33,37)(H,34,35)/b32-4-/t22-,24-. The zero-order chi connectivity index (χ0) is 26.3. The lowest BCUT2D eigenvalue weighted by molar-refractivity contribution is 0.0919. The van der Waals surface area contributed by atoms with Crippen LogP contribution in [0.4, 0.5) is 16.5 Å². The third kappa shape index (κ3) is 6.40. The summed E-state index contributed by atoms with van der Waals surface area (Å²) in [7, 11) is 0. The first-order valence-electron chi connectivity index (χ1n) is 13.7. The average molecular weight is 528 g/mol. The van der Waals surface area contributed by atoms with E-state index in [0.717, 1.165) is 66.9 Å². The Labute approximate surface area is 229 Å². The molecule has 0 radical (unpaired) electrons. The number of nitrogens with zero attached hydrogens (tertiary/aromatic N) is 3. The number of rotatable bonds is 9. The van der Waals surface area contributed by atoms with Crippen LogP contribution in [0.25, 0.3) is 6.08 Å². The van der Waals surface area contributed by atoms with E-state index in [2.05, 4.69) is 39.2 Å². The fourth-order valence-electron chi connectivity index (χ4n) is 5.58. The number of hydrogen-bond acceptors (Lipinski definition) is 6. The van der Waals surface area contributed by atoms with Crippen LogP contribution in [0.1, 0.15) is 65.5 Å². The maximum Gasteiger partial charge on any atom is 0.252 e. The fourth-order valence-corrected chi connectivity index (χ4v) is 6.56. The van der Waals surface area contributed by atoms with Crippen LogP contribution >= 0.6 is 11.3 Å². The molecule has 0 bridgehead atoms. The van der Waals surface area contributed by atoms with Crippen molar-refractivity contribution in [3.8, 4) is 0 Å². The number of carbonyl (C=O) groups is 1. The van der Waals surface area contributed by atoms with E-state index in [4.69, 9.17) is 4.98 Å². The minimum atomic E-state index is -0.0231. The number of para-hydroxylation sites is 1. The normalized spacial score (nSPS) is 19.7. The van der Waals surface area contributed by atoms with E-state index >= 15 is 0 Å². The average Bonchev–Trinajstić information content (AvgIpc) is 3.34. The molecule has 1 aliphatic carbocycles. The Balaban J connectivity index is 1.07. The number of fused-ring (bicyclic) bond motifs is 1. The van der Waals surface area contributed by atoms with Gasteiger partial charge in [0.15, 0.2) is 5.13 Å². The molecule has 2 heterocycles. The van der Waals surface area contributed by atoms with Gasteiger partial charge in [-0.1, -0.05) is 36.9 Å². The van der Waals surface area contributed by atoms with E-state index in [1.165, 1.54) is 29.8 Å². The quantitative estimate of drug-likeness (QED) is 0.294. The van der Waals surface area contributed by atoms with E-state index in [0.29, 0.717) is 5.56 Å². The van der Waals surface area contributed by atoms with Crippen molar-refractivity contribution >= 4 is 46.0 Å². The summed E-state index contributed by atoms with van der Waals surface area (Å²) in [6.45, 7) is 8.95. The molecule has 0 spiro atoms. The molecule has 1 saturated carbocycles. The predicted molar refractivity (Wildman–Crippen MR) is 159 cm³/mol. The summed E-state index contributed by atoms with van der Waals surface area (Å²) < 4.78 is 0. The highest BCUT2D eigenvalue weighted by Crippen LogP contribution is 2.32. The number of carbonyl (C=O) groups excluding carboxylic acids is 1. The molecule has 198 valence electrons. The van der Waals surface area contributed by atoms with Gasteiger partial charge in [0.05, 0.1) is 11.4 Å². The lowest BCUT2D eigenvalue weighted by atomic mass is 9.84. The van der Waals surface area contributed by atoms with E-state index in [1.54, 1.807) is 23.6 Å².